The summed E-state index contributed by atoms with van der Waals surface area (Å²) in [7, 11) is 0. The van der Waals surface area contributed by atoms with Crippen molar-refractivity contribution in [3.8, 4) is 0 Å². The van der Waals surface area contributed by atoms with Gasteiger partial charge in [0.25, 0.3) is 0 Å². The second kappa shape index (κ2) is 7.06. The summed E-state index contributed by atoms with van der Waals surface area (Å²) in [4.78, 5) is 8.06. The number of aromatic nitrogens is 2. The highest BCUT2D eigenvalue weighted by Gasteiger charge is 1.98. The topological polar surface area (TPSA) is 38.9 Å². The molecule has 0 bridgehead atoms. The first-order valence-corrected chi connectivity index (χ1v) is 5.04. The van der Waals surface area contributed by atoms with Gasteiger partial charge < -0.3 is 4.42 Å². The molecule has 0 aliphatic rings. The number of rotatable bonds is 0. The Kier molecular flexibility index (Phi) is 6.37. The van der Waals surface area contributed by atoms with Gasteiger partial charge in [-0.15, -0.1) is 0 Å². The van der Waals surface area contributed by atoms with Crippen molar-refractivity contribution in [3.63, 3.8) is 0 Å². The van der Waals surface area contributed by atoms with E-state index in [1.807, 2.05) is 46.8 Å². The maximum atomic E-state index is 5.15. The van der Waals surface area contributed by atoms with Gasteiger partial charge in [-0.2, -0.15) is 0 Å². The molecule has 0 atom stereocenters. The van der Waals surface area contributed by atoms with Crippen LogP contribution in [0, 0.1) is 6.92 Å². The normalized spacial score (nSPS) is 8.36. The fourth-order valence-electron chi connectivity index (χ4n) is 0.878. The molecule has 0 radical (unpaired) electrons. The zero-order valence-corrected chi connectivity index (χ0v) is 9.53. The molecule has 78 valence electrons. The molecule has 2 rings (SSSR count). The van der Waals surface area contributed by atoms with E-state index in [1.54, 1.807) is 6.20 Å². The lowest BCUT2D eigenvalue weighted by Crippen LogP contribution is -1.69. The van der Waals surface area contributed by atoms with Gasteiger partial charge in [-0.25, -0.2) is 9.97 Å². The van der Waals surface area contributed by atoms with Crippen LogP contribution in [0.25, 0.3) is 11.2 Å². The quantitative estimate of drug-likeness (QED) is 0.643. The van der Waals surface area contributed by atoms with Gasteiger partial charge in [-0.05, 0) is 12.1 Å². The molecular formula is C11H18N2O. The number of fused-ring (bicyclic) bond motifs is 1. The number of hydrogen-bond acceptors (Lipinski definition) is 3. The van der Waals surface area contributed by atoms with Crippen LogP contribution in [0.15, 0.2) is 22.7 Å². The Labute approximate surface area is 85.2 Å². The van der Waals surface area contributed by atoms with Crippen LogP contribution in [-0.2, 0) is 0 Å². The van der Waals surface area contributed by atoms with Crippen LogP contribution in [0.5, 0.6) is 0 Å². The summed E-state index contributed by atoms with van der Waals surface area (Å²) in [5.74, 6) is 0.661. The van der Waals surface area contributed by atoms with Crippen molar-refractivity contribution in [2.45, 2.75) is 34.6 Å². The lowest BCUT2D eigenvalue weighted by molar-refractivity contribution is 0.551. The standard InChI is InChI=1S/C7H6N2O.2C2H6/c1-5-9-6-3-2-4-8-7(6)10-5;2*1-2/h2-4H,1H3;2*1-2H3. The third-order valence-corrected chi connectivity index (χ3v) is 1.27. The Morgan fingerprint density at radius 2 is 1.79 bits per heavy atom. The van der Waals surface area contributed by atoms with Crippen LogP contribution in [-0.4, -0.2) is 9.97 Å². The van der Waals surface area contributed by atoms with Crippen molar-refractivity contribution in [2.24, 2.45) is 0 Å². The van der Waals surface area contributed by atoms with Gasteiger partial charge in [0, 0.05) is 13.1 Å². The smallest absolute Gasteiger partial charge is 0.246 e. The van der Waals surface area contributed by atoms with E-state index >= 15 is 0 Å². The van der Waals surface area contributed by atoms with Crippen LogP contribution in [0.3, 0.4) is 0 Å². The third kappa shape index (κ3) is 3.17. The van der Waals surface area contributed by atoms with E-state index in [0.717, 1.165) is 5.52 Å². The van der Waals surface area contributed by atoms with Crippen molar-refractivity contribution in [1.29, 1.82) is 0 Å². The van der Waals surface area contributed by atoms with Gasteiger partial charge in [0.05, 0.1) is 0 Å². The van der Waals surface area contributed by atoms with Crippen molar-refractivity contribution < 1.29 is 4.42 Å². The number of oxazole rings is 1. The largest absolute Gasteiger partial charge is 0.423 e. The third-order valence-electron chi connectivity index (χ3n) is 1.27. The number of aryl methyl sites for hydroxylation is 1. The van der Waals surface area contributed by atoms with Gasteiger partial charge in [0.1, 0.15) is 5.52 Å². The zero-order chi connectivity index (χ0) is 11.0. The molecule has 0 saturated heterocycles. The molecule has 0 spiro atoms. The molecule has 0 aliphatic carbocycles. The molecule has 0 N–H and O–H groups in total. The molecule has 0 fully saturated rings. The van der Waals surface area contributed by atoms with Crippen LogP contribution < -0.4 is 0 Å². The van der Waals surface area contributed by atoms with Gasteiger partial charge in [0.2, 0.25) is 5.71 Å². The van der Waals surface area contributed by atoms with Gasteiger partial charge in [-0.3, -0.25) is 0 Å². The lowest BCUT2D eigenvalue weighted by Gasteiger charge is -1.78. The molecule has 0 unspecified atom stereocenters. The second-order valence-electron chi connectivity index (χ2n) is 2.06. The molecule has 0 aromatic carbocycles. The number of pyridine rings is 1. The first-order valence-electron chi connectivity index (χ1n) is 5.04. The van der Waals surface area contributed by atoms with Crippen molar-refractivity contribution in [3.05, 3.63) is 24.2 Å². The zero-order valence-electron chi connectivity index (χ0n) is 9.53. The second-order valence-corrected chi connectivity index (χ2v) is 2.06. The Morgan fingerprint density at radius 3 is 2.36 bits per heavy atom. The number of nitrogens with zero attached hydrogens (tertiary/aromatic N) is 2. The summed E-state index contributed by atoms with van der Waals surface area (Å²) in [5, 5.41) is 0. The molecule has 2 heterocycles. The summed E-state index contributed by atoms with van der Waals surface area (Å²) in [6, 6.07) is 3.71. The molecule has 0 saturated carbocycles. The SMILES string of the molecule is CC.CC.Cc1nc2cccnc2o1. The van der Waals surface area contributed by atoms with E-state index in [4.69, 9.17) is 4.42 Å². The summed E-state index contributed by atoms with van der Waals surface area (Å²) >= 11 is 0. The highest BCUT2D eigenvalue weighted by Crippen LogP contribution is 2.09. The van der Waals surface area contributed by atoms with Crippen molar-refractivity contribution in [2.75, 3.05) is 0 Å². The first kappa shape index (κ1) is 12.6. The maximum absolute atomic E-state index is 5.15. The van der Waals surface area contributed by atoms with Crippen molar-refractivity contribution in [1.82, 2.24) is 9.97 Å². The highest BCUT2D eigenvalue weighted by atomic mass is 16.4. The minimum absolute atomic E-state index is 0.611. The van der Waals surface area contributed by atoms with E-state index < -0.39 is 0 Å². The van der Waals surface area contributed by atoms with E-state index in [9.17, 15) is 0 Å². The summed E-state index contributed by atoms with van der Waals surface area (Å²) in [5.41, 5.74) is 1.43. The molecule has 0 aliphatic heterocycles. The molecule has 2 aromatic heterocycles. The van der Waals surface area contributed by atoms with E-state index in [0.29, 0.717) is 11.6 Å². The minimum Gasteiger partial charge on any atom is -0.423 e. The fourth-order valence-corrected chi connectivity index (χ4v) is 0.878. The Bertz CT molecular complexity index is 322. The predicted molar refractivity (Wildman–Crippen MR) is 59.2 cm³/mol. The van der Waals surface area contributed by atoms with E-state index in [-0.39, 0.29) is 0 Å². The van der Waals surface area contributed by atoms with Crippen molar-refractivity contribution >= 4 is 11.2 Å². The fraction of sp³-hybridized carbons (Fsp3) is 0.455. The summed E-state index contributed by atoms with van der Waals surface area (Å²) in [6.45, 7) is 9.81. The Balaban J connectivity index is 0.000000379. The molecule has 2 aromatic rings. The lowest BCUT2D eigenvalue weighted by atomic mass is 10.4. The summed E-state index contributed by atoms with van der Waals surface area (Å²) < 4.78 is 5.15. The average molecular weight is 194 g/mol. The predicted octanol–water partition coefficient (Wildman–Crippen LogP) is 3.58. The molecule has 0 amide bonds. The van der Waals surface area contributed by atoms with Crippen LogP contribution in [0.2, 0.25) is 0 Å². The van der Waals surface area contributed by atoms with Gasteiger partial charge in [0.15, 0.2) is 5.89 Å². The van der Waals surface area contributed by atoms with E-state index in [2.05, 4.69) is 9.97 Å². The molecule has 3 nitrogen and oxygen atoms in total. The minimum atomic E-state index is 0.611. The van der Waals surface area contributed by atoms with Crippen LogP contribution in [0.4, 0.5) is 0 Å². The summed E-state index contributed by atoms with van der Waals surface area (Å²) in [6.07, 6.45) is 1.69. The first-order chi connectivity index (χ1) is 6.86. The maximum Gasteiger partial charge on any atom is 0.246 e. The van der Waals surface area contributed by atoms with Crippen LogP contribution >= 0.6 is 0 Å². The molecular weight excluding hydrogens is 176 g/mol. The monoisotopic (exact) mass is 194 g/mol. The highest BCUT2D eigenvalue weighted by molar-refractivity contribution is 5.67. The Morgan fingerprint density at radius 1 is 1.14 bits per heavy atom. The van der Waals surface area contributed by atoms with Gasteiger partial charge in [-0.1, -0.05) is 27.7 Å². The Hall–Kier alpha value is -1.38. The average Bonchev–Trinajstić information content (AvgIpc) is 2.64. The number of hydrogen-bond donors (Lipinski definition) is 0. The molecule has 3 heteroatoms. The van der Waals surface area contributed by atoms with Crippen LogP contribution in [0.1, 0.15) is 33.6 Å². The van der Waals surface area contributed by atoms with E-state index in [1.165, 1.54) is 0 Å². The molecule has 14 heavy (non-hydrogen) atoms. The van der Waals surface area contributed by atoms with Gasteiger partial charge >= 0.3 is 0 Å².